The third-order valence-corrected chi connectivity index (χ3v) is 5.71. The third kappa shape index (κ3) is 6.42. The summed E-state index contributed by atoms with van der Waals surface area (Å²) in [6, 6.07) is 17.7. The Morgan fingerprint density at radius 2 is 1.35 bits per heavy atom. The van der Waals surface area contributed by atoms with Gasteiger partial charge in [0.15, 0.2) is 11.6 Å². The molecule has 0 saturated heterocycles. The van der Waals surface area contributed by atoms with Crippen LogP contribution < -0.4 is 4.74 Å². The summed E-state index contributed by atoms with van der Waals surface area (Å²) < 4.78 is 89.0. The predicted molar refractivity (Wildman–Crippen MR) is 132 cm³/mol. The first kappa shape index (κ1) is 26.1. The van der Waals surface area contributed by atoms with Gasteiger partial charge in [-0.1, -0.05) is 55.8 Å². The molecule has 0 bridgehead atoms. The zero-order valence-corrected chi connectivity index (χ0v) is 19.8. The Morgan fingerprint density at radius 3 is 2.00 bits per heavy atom. The number of rotatable bonds is 8. The van der Waals surface area contributed by atoms with Gasteiger partial charge in [-0.3, -0.25) is 0 Å². The third-order valence-electron chi connectivity index (χ3n) is 5.71. The van der Waals surface area contributed by atoms with Crippen molar-refractivity contribution < 1.29 is 31.1 Å². The van der Waals surface area contributed by atoms with Gasteiger partial charge in [0.05, 0.1) is 0 Å². The zero-order chi connectivity index (χ0) is 26.6. The molecule has 0 unspecified atom stereocenters. The van der Waals surface area contributed by atoms with Crippen LogP contribution in [0.25, 0.3) is 28.3 Å². The van der Waals surface area contributed by atoms with Crippen LogP contribution in [0, 0.1) is 23.3 Å². The van der Waals surface area contributed by atoms with Crippen LogP contribution in [0.3, 0.4) is 0 Å². The maximum Gasteiger partial charge on any atom is 0.419 e. The highest BCUT2D eigenvalue weighted by molar-refractivity contribution is 5.67. The first-order valence-electron chi connectivity index (χ1n) is 11.5. The van der Waals surface area contributed by atoms with E-state index in [1.54, 1.807) is 6.07 Å². The number of ether oxygens (including phenoxy) is 1. The van der Waals surface area contributed by atoms with Gasteiger partial charge in [0.2, 0.25) is 0 Å². The summed E-state index contributed by atoms with van der Waals surface area (Å²) in [5.74, 6) is -4.42. The molecule has 0 aliphatic rings. The molecular formula is C30H22F6O. The van der Waals surface area contributed by atoms with Crippen molar-refractivity contribution in [2.45, 2.75) is 25.9 Å². The average Bonchev–Trinajstić information content (AvgIpc) is 2.86. The van der Waals surface area contributed by atoms with E-state index in [2.05, 4.69) is 11.7 Å². The number of benzene rings is 4. The van der Waals surface area contributed by atoms with Crippen molar-refractivity contribution in [2.75, 3.05) is 0 Å². The summed E-state index contributed by atoms with van der Waals surface area (Å²) in [6.07, 6.45) is -0.669. The largest absolute Gasteiger partial charge is 0.429 e. The van der Waals surface area contributed by atoms with Crippen molar-refractivity contribution in [3.8, 4) is 28.0 Å². The number of aryl methyl sites for hydroxylation is 1. The fourth-order valence-electron chi connectivity index (χ4n) is 3.83. The van der Waals surface area contributed by atoms with E-state index in [-0.39, 0.29) is 16.7 Å². The molecule has 0 N–H and O–H groups in total. The minimum Gasteiger partial charge on any atom is -0.429 e. The quantitative estimate of drug-likeness (QED) is 0.214. The molecule has 0 fully saturated rings. The fraction of sp³-hybridized carbons (Fsp3) is 0.133. The highest BCUT2D eigenvalue weighted by Crippen LogP contribution is 2.31. The summed E-state index contributed by atoms with van der Waals surface area (Å²) in [6.45, 7) is 2.08. The number of alkyl halides is 2. The van der Waals surface area contributed by atoms with E-state index in [4.69, 9.17) is 0 Å². The molecule has 4 rings (SSSR count). The molecule has 1 nitrogen and oxygen atoms in total. The Bertz CT molecular complexity index is 1430. The Labute approximate surface area is 210 Å². The molecule has 190 valence electrons. The van der Waals surface area contributed by atoms with E-state index in [0.29, 0.717) is 17.7 Å². The van der Waals surface area contributed by atoms with Crippen molar-refractivity contribution in [1.82, 2.24) is 0 Å². The van der Waals surface area contributed by atoms with Gasteiger partial charge >= 0.3 is 6.11 Å². The first-order valence-corrected chi connectivity index (χ1v) is 11.5. The van der Waals surface area contributed by atoms with Crippen LogP contribution >= 0.6 is 0 Å². The maximum atomic E-state index is 14.6. The zero-order valence-electron chi connectivity index (χ0n) is 19.8. The number of hydrogen-bond donors (Lipinski definition) is 0. The lowest BCUT2D eigenvalue weighted by Crippen LogP contribution is -2.21. The summed E-state index contributed by atoms with van der Waals surface area (Å²) in [4.78, 5) is 0. The Kier molecular flexibility index (Phi) is 7.71. The smallest absolute Gasteiger partial charge is 0.419 e. The second-order valence-corrected chi connectivity index (χ2v) is 8.45. The maximum absolute atomic E-state index is 14.6. The Hall–Kier alpha value is -4.00. The molecule has 37 heavy (non-hydrogen) atoms. The molecule has 0 heterocycles. The minimum atomic E-state index is -3.88. The van der Waals surface area contributed by atoms with Gasteiger partial charge in [-0.05, 0) is 65.1 Å². The molecule has 0 amide bonds. The van der Waals surface area contributed by atoms with Crippen LogP contribution in [-0.4, -0.2) is 6.11 Å². The van der Waals surface area contributed by atoms with E-state index in [1.807, 2.05) is 24.3 Å². The van der Waals surface area contributed by atoms with E-state index in [9.17, 15) is 26.3 Å². The van der Waals surface area contributed by atoms with E-state index < -0.39 is 35.1 Å². The lowest BCUT2D eigenvalue weighted by molar-refractivity contribution is -0.131. The number of halogens is 6. The second-order valence-electron chi connectivity index (χ2n) is 8.45. The van der Waals surface area contributed by atoms with Crippen LogP contribution in [0.4, 0.5) is 26.3 Å². The SMILES string of the molecule is CCCc1ccc(-c2ccc(C=CC(F)(F)Oc3ccc(-c4ccc(F)c(F)c4)c(F)c3)c(F)c2)cc1. The molecule has 0 radical (unpaired) electrons. The molecule has 0 saturated carbocycles. The standard InChI is InChI=1S/C30H22F6O/c1-2-3-19-4-6-20(7-5-19)22-9-8-21(27(32)16-22)14-15-30(35,36)37-24-11-12-25(28(33)18-24)23-10-13-26(31)29(34)17-23/h4-18H,2-3H2,1H3. The van der Waals surface area contributed by atoms with Crippen molar-refractivity contribution in [3.63, 3.8) is 0 Å². The molecule has 0 atom stereocenters. The number of hydrogen-bond acceptors (Lipinski definition) is 1. The van der Waals surface area contributed by atoms with Gasteiger partial charge in [0.25, 0.3) is 0 Å². The first-order chi connectivity index (χ1) is 17.6. The molecule has 0 spiro atoms. The van der Waals surface area contributed by atoms with E-state index >= 15 is 0 Å². The fourth-order valence-corrected chi connectivity index (χ4v) is 3.83. The predicted octanol–water partition coefficient (Wildman–Crippen LogP) is 9.21. The van der Waals surface area contributed by atoms with Gasteiger partial charge in [0, 0.05) is 23.3 Å². The highest BCUT2D eigenvalue weighted by Gasteiger charge is 2.28. The molecular weight excluding hydrogens is 490 g/mol. The normalized spacial score (nSPS) is 11.8. The van der Waals surface area contributed by atoms with Gasteiger partial charge in [0.1, 0.15) is 17.4 Å². The van der Waals surface area contributed by atoms with E-state index in [1.165, 1.54) is 17.7 Å². The van der Waals surface area contributed by atoms with Crippen molar-refractivity contribution in [3.05, 3.63) is 119 Å². The summed E-state index contributed by atoms with van der Waals surface area (Å²) >= 11 is 0. The van der Waals surface area contributed by atoms with Crippen LogP contribution in [0.15, 0.2) is 84.9 Å². The monoisotopic (exact) mass is 512 g/mol. The van der Waals surface area contributed by atoms with Gasteiger partial charge in [-0.2, -0.15) is 8.78 Å². The van der Waals surface area contributed by atoms with E-state index in [0.717, 1.165) is 54.8 Å². The van der Waals surface area contributed by atoms with Gasteiger partial charge < -0.3 is 4.74 Å². The molecule has 4 aromatic carbocycles. The molecule has 0 aromatic heterocycles. The molecule has 7 heteroatoms. The van der Waals surface area contributed by atoms with Gasteiger partial charge in [-0.25, -0.2) is 17.6 Å². The minimum absolute atomic E-state index is 0.0328. The van der Waals surface area contributed by atoms with Crippen molar-refractivity contribution in [2.24, 2.45) is 0 Å². The molecule has 0 aliphatic heterocycles. The average molecular weight is 512 g/mol. The van der Waals surface area contributed by atoms with Crippen molar-refractivity contribution >= 4 is 6.08 Å². The van der Waals surface area contributed by atoms with Crippen LogP contribution in [-0.2, 0) is 6.42 Å². The Balaban J connectivity index is 1.47. The summed E-state index contributed by atoms with van der Waals surface area (Å²) in [7, 11) is 0. The topological polar surface area (TPSA) is 9.23 Å². The molecule has 4 aromatic rings. The highest BCUT2D eigenvalue weighted by atomic mass is 19.3. The summed E-state index contributed by atoms with van der Waals surface area (Å²) in [5, 5.41) is 0. The lowest BCUT2D eigenvalue weighted by Gasteiger charge is -2.15. The van der Waals surface area contributed by atoms with Crippen LogP contribution in [0.2, 0.25) is 0 Å². The van der Waals surface area contributed by atoms with Gasteiger partial charge in [-0.15, -0.1) is 0 Å². The second kappa shape index (κ2) is 10.9. The Morgan fingerprint density at radius 1 is 0.676 bits per heavy atom. The van der Waals surface area contributed by atoms with Crippen LogP contribution in [0.1, 0.15) is 24.5 Å². The lowest BCUT2D eigenvalue weighted by atomic mass is 10.0. The molecule has 0 aliphatic carbocycles. The summed E-state index contributed by atoms with van der Waals surface area (Å²) in [5.41, 5.74) is 2.42. The van der Waals surface area contributed by atoms with Crippen LogP contribution in [0.5, 0.6) is 5.75 Å². The van der Waals surface area contributed by atoms with Crippen molar-refractivity contribution in [1.29, 1.82) is 0 Å².